The summed E-state index contributed by atoms with van der Waals surface area (Å²) in [6.07, 6.45) is 0.251. The molecule has 0 heterocycles. The smallest absolute Gasteiger partial charge is 0.323 e. The molecule has 1 unspecified atom stereocenters. The third-order valence-corrected chi connectivity index (χ3v) is 4.32. The number of hydrogen-bond donors (Lipinski definition) is 2. The zero-order valence-electron chi connectivity index (χ0n) is 12.1. The molecule has 3 N–H and O–H groups in total. The van der Waals surface area contributed by atoms with E-state index in [1.54, 1.807) is 0 Å². The number of sulfonamides is 1. The number of hydrogen-bond acceptors (Lipinski definition) is 5. The molecular weight excluding hydrogens is 299 g/mol. The fourth-order valence-electron chi connectivity index (χ4n) is 1.81. The SMILES string of the molecule is COC(=O)C(CC(C)C)NS(=O)(=O)c1cccc(F)c1N. The molecule has 0 aromatic heterocycles. The molecule has 8 heteroatoms. The van der Waals surface area contributed by atoms with Gasteiger partial charge in [0, 0.05) is 0 Å². The largest absolute Gasteiger partial charge is 0.468 e. The summed E-state index contributed by atoms with van der Waals surface area (Å²) in [4.78, 5) is 11.3. The van der Waals surface area contributed by atoms with Crippen LogP contribution in [0, 0.1) is 11.7 Å². The first-order valence-electron chi connectivity index (χ1n) is 6.33. The summed E-state index contributed by atoms with van der Waals surface area (Å²) < 4.78 is 44.7. The van der Waals surface area contributed by atoms with E-state index in [0.717, 1.165) is 6.07 Å². The van der Waals surface area contributed by atoms with Gasteiger partial charge >= 0.3 is 5.97 Å². The van der Waals surface area contributed by atoms with Crippen molar-refractivity contribution in [1.82, 2.24) is 4.72 Å². The van der Waals surface area contributed by atoms with Gasteiger partial charge in [-0.15, -0.1) is 0 Å². The van der Waals surface area contributed by atoms with Crippen LogP contribution in [0.4, 0.5) is 10.1 Å². The fraction of sp³-hybridized carbons (Fsp3) is 0.462. The summed E-state index contributed by atoms with van der Waals surface area (Å²) >= 11 is 0. The van der Waals surface area contributed by atoms with Gasteiger partial charge in [0.25, 0.3) is 0 Å². The lowest BCUT2D eigenvalue weighted by Gasteiger charge is -2.19. The second kappa shape index (κ2) is 6.86. The monoisotopic (exact) mass is 318 g/mol. The predicted octanol–water partition coefficient (Wildman–Crippen LogP) is 1.27. The molecule has 1 atom stereocenters. The van der Waals surface area contributed by atoms with Gasteiger partial charge in [0.15, 0.2) is 0 Å². The third kappa shape index (κ3) is 4.40. The summed E-state index contributed by atoms with van der Waals surface area (Å²) in [6.45, 7) is 3.67. The minimum Gasteiger partial charge on any atom is -0.468 e. The average Bonchev–Trinajstić information content (AvgIpc) is 2.39. The van der Waals surface area contributed by atoms with E-state index in [0.29, 0.717) is 0 Å². The van der Waals surface area contributed by atoms with Gasteiger partial charge in [-0.2, -0.15) is 4.72 Å². The molecule has 0 aliphatic rings. The van der Waals surface area contributed by atoms with Gasteiger partial charge in [-0.05, 0) is 24.5 Å². The van der Waals surface area contributed by atoms with Crippen molar-refractivity contribution in [3.63, 3.8) is 0 Å². The number of nitrogens with one attached hydrogen (secondary N) is 1. The minimum atomic E-state index is -4.13. The van der Waals surface area contributed by atoms with Crippen LogP contribution in [-0.4, -0.2) is 27.5 Å². The van der Waals surface area contributed by atoms with Gasteiger partial charge in [0.2, 0.25) is 10.0 Å². The highest BCUT2D eigenvalue weighted by atomic mass is 32.2. The highest BCUT2D eigenvalue weighted by molar-refractivity contribution is 7.89. The second-order valence-corrected chi connectivity index (χ2v) is 6.66. The summed E-state index contributed by atoms with van der Waals surface area (Å²) in [5.41, 5.74) is 4.96. The number of methoxy groups -OCH3 is 1. The minimum absolute atomic E-state index is 0.0571. The van der Waals surface area contributed by atoms with E-state index < -0.39 is 38.4 Å². The predicted molar refractivity (Wildman–Crippen MR) is 76.4 cm³/mol. The van der Waals surface area contributed by atoms with Gasteiger partial charge in [0.05, 0.1) is 12.8 Å². The molecule has 0 aliphatic heterocycles. The van der Waals surface area contributed by atoms with Gasteiger partial charge in [-0.1, -0.05) is 19.9 Å². The number of nitrogens with two attached hydrogens (primary N) is 1. The topological polar surface area (TPSA) is 98.5 Å². The highest BCUT2D eigenvalue weighted by Gasteiger charge is 2.28. The lowest BCUT2D eigenvalue weighted by atomic mass is 10.1. The van der Waals surface area contributed by atoms with Crippen LogP contribution in [0.25, 0.3) is 0 Å². The first-order chi connectivity index (χ1) is 9.69. The molecule has 6 nitrogen and oxygen atoms in total. The molecular formula is C13H19FN2O4S. The Bertz CT molecular complexity index is 617. The van der Waals surface area contributed by atoms with Crippen LogP contribution >= 0.6 is 0 Å². The van der Waals surface area contributed by atoms with Crippen LogP contribution in [0.2, 0.25) is 0 Å². The van der Waals surface area contributed by atoms with Crippen LogP contribution in [0.3, 0.4) is 0 Å². The van der Waals surface area contributed by atoms with Crippen molar-refractivity contribution in [2.24, 2.45) is 5.92 Å². The first kappa shape index (κ1) is 17.4. The normalized spacial score (nSPS) is 13.2. The molecule has 0 bridgehead atoms. The summed E-state index contributed by atoms with van der Waals surface area (Å²) in [7, 11) is -2.96. The van der Waals surface area contributed by atoms with Crippen LogP contribution in [0.5, 0.6) is 0 Å². The molecule has 0 saturated heterocycles. The molecule has 1 aromatic rings. The maximum Gasteiger partial charge on any atom is 0.323 e. The molecule has 0 aliphatic carbocycles. The Morgan fingerprint density at radius 1 is 1.43 bits per heavy atom. The van der Waals surface area contributed by atoms with E-state index in [2.05, 4.69) is 9.46 Å². The van der Waals surface area contributed by atoms with Crippen LogP contribution < -0.4 is 10.5 Å². The second-order valence-electron chi connectivity index (χ2n) is 4.98. The molecule has 0 amide bonds. The van der Waals surface area contributed by atoms with Crippen molar-refractivity contribution in [1.29, 1.82) is 0 Å². The molecule has 1 rings (SSSR count). The average molecular weight is 318 g/mol. The van der Waals surface area contributed by atoms with E-state index >= 15 is 0 Å². The van der Waals surface area contributed by atoms with Crippen LogP contribution in [-0.2, 0) is 19.6 Å². The Kier molecular flexibility index (Phi) is 5.68. The molecule has 0 radical (unpaired) electrons. The number of halogens is 1. The quantitative estimate of drug-likeness (QED) is 0.608. The third-order valence-electron chi connectivity index (χ3n) is 2.79. The number of carbonyl (C=O) groups excluding carboxylic acids is 1. The molecule has 0 saturated carbocycles. The Balaban J connectivity index is 3.11. The number of nitrogen functional groups attached to an aromatic ring is 1. The lowest BCUT2D eigenvalue weighted by molar-refractivity contribution is -0.143. The molecule has 0 spiro atoms. The molecule has 0 fully saturated rings. The van der Waals surface area contributed by atoms with Crippen molar-refractivity contribution >= 4 is 21.7 Å². The van der Waals surface area contributed by atoms with E-state index in [9.17, 15) is 17.6 Å². The zero-order valence-corrected chi connectivity index (χ0v) is 12.9. The van der Waals surface area contributed by atoms with Gasteiger partial charge in [0.1, 0.15) is 16.8 Å². The number of benzene rings is 1. The van der Waals surface area contributed by atoms with Crippen LogP contribution in [0.1, 0.15) is 20.3 Å². The Morgan fingerprint density at radius 3 is 2.57 bits per heavy atom. The number of para-hydroxylation sites is 1. The van der Waals surface area contributed by atoms with E-state index in [1.807, 2.05) is 13.8 Å². The number of esters is 1. The van der Waals surface area contributed by atoms with Gasteiger partial charge < -0.3 is 10.5 Å². The maximum absolute atomic E-state index is 13.4. The standard InChI is InChI=1S/C13H19FN2O4S/c1-8(2)7-10(13(17)20-3)16-21(18,19)11-6-4-5-9(14)12(11)15/h4-6,8,10,16H,7,15H2,1-3H3. The lowest BCUT2D eigenvalue weighted by Crippen LogP contribution is -2.42. The Morgan fingerprint density at radius 2 is 2.05 bits per heavy atom. The number of anilines is 1. The number of ether oxygens (including phenoxy) is 1. The molecule has 118 valence electrons. The molecule has 21 heavy (non-hydrogen) atoms. The maximum atomic E-state index is 13.4. The summed E-state index contributed by atoms with van der Waals surface area (Å²) in [5, 5.41) is 0. The van der Waals surface area contributed by atoms with Crippen molar-refractivity contribution < 1.29 is 22.3 Å². The van der Waals surface area contributed by atoms with Crippen molar-refractivity contribution in [2.75, 3.05) is 12.8 Å². The summed E-state index contributed by atoms with van der Waals surface area (Å²) in [5.74, 6) is -1.49. The fourth-order valence-corrected chi connectivity index (χ4v) is 3.15. The number of rotatable bonds is 6. The first-order valence-corrected chi connectivity index (χ1v) is 7.81. The van der Waals surface area contributed by atoms with Crippen LogP contribution in [0.15, 0.2) is 23.1 Å². The Labute approximate surface area is 123 Å². The van der Waals surface area contributed by atoms with E-state index in [1.165, 1.54) is 19.2 Å². The van der Waals surface area contributed by atoms with Crippen molar-refractivity contribution in [3.8, 4) is 0 Å². The Hall–Kier alpha value is -1.67. The van der Waals surface area contributed by atoms with E-state index in [4.69, 9.17) is 5.73 Å². The van der Waals surface area contributed by atoms with Crippen molar-refractivity contribution in [2.45, 2.75) is 31.2 Å². The van der Waals surface area contributed by atoms with E-state index in [-0.39, 0.29) is 12.3 Å². The zero-order chi connectivity index (χ0) is 16.2. The summed E-state index contributed by atoms with van der Waals surface area (Å²) in [6, 6.07) is 2.41. The molecule has 1 aromatic carbocycles. The highest BCUT2D eigenvalue weighted by Crippen LogP contribution is 2.22. The van der Waals surface area contributed by atoms with Gasteiger partial charge in [-0.3, -0.25) is 4.79 Å². The van der Waals surface area contributed by atoms with Crippen molar-refractivity contribution in [3.05, 3.63) is 24.0 Å². The van der Waals surface area contributed by atoms with Gasteiger partial charge in [-0.25, -0.2) is 12.8 Å². The number of carbonyl (C=O) groups is 1.